The minimum atomic E-state index is 0.0844. The van der Waals surface area contributed by atoms with E-state index >= 15 is 0 Å². The molecule has 2 unspecified atom stereocenters. The van der Waals surface area contributed by atoms with Gasteiger partial charge in [0.2, 0.25) is 0 Å². The number of carbonyl (C=O) groups excluding carboxylic acids is 1. The smallest absolute Gasteiger partial charge is 0.124 e. The molecule has 234 valence electrons. The number of aldehydes is 1. The largest absolute Gasteiger partial charge is 0.497 e. The molecule has 4 aromatic rings. The van der Waals surface area contributed by atoms with Crippen LogP contribution in [0.4, 0.5) is 0 Å². The zero-order chi connectivity index (χ0) is 32.3. The summed E-state index contributed by atoms with van der Waals surface area (Å²) >= 11 is 0. The summed E-state index contributed by atoms with van der Waals surface area (Å²) in [4.78, 5) is 13.8. The highest BCUT2D eigenvalue weighted by molar-refractivity contribution is 7.38. The molecule has 1 aliphatic heterocycles. The highest BCUT2D eigenvalue weighted by Crippen LogP contribution is 2.41. The van der Waals surface area contributed by atoms with E-state index in [2.05, 4.69) is 80.0 Å². The Labute approximate surface area is 268 Å². The van der Waals surface area contributed by atoms with E-state index in [9.17, 15) is 4.79 Å². The fourth-order valence-corrected chi connectivity index (χ4v) is 6.37. The quantitative estimate of drug-likeness (QED) is 0.117. The number of rotatable bonds is 9. The molecule has 44 heavy (non-hydrogen) atoms. The third-order valence-corrected chi connectivity index (χ3v) is 8.58. The number of aromatic nitrogens is 1. The van der Waals surface area contributed by atoms with Crippen LogP contribution in [0.3, 0.4) is 0 Å². The van der Waals surface area contributed by atoms with Gasteiger partial charge in [-0.25, -0.2) is 0 Å². The molecule has 2 heterocycles. The second-order valence-electron chi connectivity index (χ2n) is 10.1. The molecular weight excluding hydrogens is 557 g/mol. The first kappa shape index (κ1) is 36.5. The number of fused-ring (bicyclic) bond motifs is 1. The number of para-hydroxylation sites is 1. The number of carbonyl (C=O) groups is 1. The Balaban J connectivity index is 0.000000438. The van der Waals surface area contributed by atoms with Gasteiger partial charge in [0.15, 0.2) is 0 Å². The highest BCUT2D eigenvalue weighted by atomic mass is 31.1. The number of nitrogens with one attached hydrogen (secondary N) is 1. The minimum Gasteiger partial charge on any atom is -0.497 e. The summed E-state index contributed by atoms with van der Waals surface area (Å²) in [5.41, 5.74) is 10.0. The third kappa shape index (κ3) is 10.2. The van der Waals surface area contributed by atoms with E-state index in [-0.39, 0.29) is 5.92 Å². The van der Waals surface area contributed by atoms with Crippen LogP contribution < -0.4 is 4.74 Å². The highest BCUT2D eigenvalue weighted by Gasteiger charge is 2.26. The fourth-order valence-electron chi connectivity index (χ4n) is 5.31. The molecule has 0 fully saturated rings. The van der Waals surface area contributed by atoms with E-state index in [0.29, 0.717) is 6.42 Å². The Kier molecular flexibility index (Phi) is 16.9. The zero-order valence-corrected chi connectivity index (χ0v) is 28.9. The van der Waals surface area contributed by atoms with Gasteiger partial charge >= 0.3 is 0 Å². The number of ether oxygens (including phenoxy) is 1. The van der Waals surface area contributed by atoms with Gasteiger partial charge in [-0.05, 0) is 78.1 Å². The monoisotopic (exact) mass is 609 g/mol. The molecule has 3 aromatic carbocycles. The van der Waals surface area contributed by atoms with Gasteiger partial charge in [-0.15, -0.1) is 8.58 Å². The molecule has 0 saturated carbocycles. The number of allylic oxidation sites excluding steroid dienone is 5. The average Bonchev–Trinajstić information content (AvgIpc) is 3.46. The predicted molar refractivity (Wildman–Crippen MR) is 195 cm³/mol. The number of aromatic amines is 1. The number of benzene rings is 3. The van der Waals surface area contributed by atoms with Crippen LogP contribution in [0.1, 0.15) is 76.3 Å². The Morgan fingerprint density at radius 2 is 1.70 bits per heavy atom. The lowest BCUT2D eigenvalue weighted by molar-refractivity contribution is -0.107. The first-order valence-electron chi connectivity index (χ1n) is 16.0. The SMILES string of the molecule is C=C(C)/C(=C\C1=CCCPC1)C(c1cccc(OC)c1)c1[nH]c2ccccc2c1CC.CC.CC.O=CCc1ccccc1. The molecule has 5 rings (SSSR count). The maximum Gasteiger partial charge on any atom is 0.124 e. The summed E-state index contributed by atoms with van der Waals surface area (Å²) in [7, 11) is 2.75. The van der Waals surface area contributed by atoms with E-state index in [1.54, 1.807) is 7.11 Å². The van der Waals surface area contributed by atoms with Crippen molar-refractivity contribution in [3.05, 3.63) is 137 Å². The van der Waals surface area contributed by atoms with Crippen molar-refractivity contribution in [2.75, 3.05) is 19.4 Å². The lowest BCUT2D eigenvalue weighted by Gasteiger charge is -2.24. The molecule has 2 atom stereocenters. The predicted octanol–water partition coefficient (Wildman–Crippen LogP) is 10.9. The van der Waals surface area contributed by atoms with Crippen molar-refractivity contribution in [2.45, 2.75) is 66.7 Å². The Hall–Kier alpha value is -3.68. The van der Waals surface area contributed by atoms with Crippen molar-refractivity contribution in [2.24, 2.45) is 0 Å². The first-order valence-corrected chi connectivity index (χ1v) is 17.4. The molecule has 1 aliphatic rings. The molecule has 0 aliphatic carbocycles. The van der Waals surface area contributed by atoms with Gasteiger partial charge in [0.25, 0.3) is 0 Å². The summed E-state index contributed by atoms with van der Waals surface area (Å²) in [6.07, 6.45) is 10.9. The molecular formula is C40H52NO2P. The Morgan fingerprint density at radius 3 is 2.32 bits per heavy atom. The minimum absolute atomic E-state index is 0.0844. The van der Waals surface area contributed by atoms with Crippen molar-refractivity contribution >= 4 is 25.8 Å². The molecule has 1 aromatic heterocycles. The van der Waals surface area contributed by atoms with Crippen molar-refractivity contribution in [3.8, 4) is 5.75 Å². The van der Waals surface area contributed by atoms with E-state index in [1.807, 2.05) is 64.1 Å². The normalized spacial score (nSPS) is 13.6. The molecule has 0 amide bonds. The van der Waals surface area contributed by atoms with E-state index in [0.717, 1.165) is 38.2 Å². The number of hydrogen-bond donors (Lipinski definition) is 1. The second-order valence-corrected chi connectivity index (χ2v) is 11.5. The lowest BCUT2D eigenvalue weighted by Crippen LogP contribution is -2.10. The van der Waals surface area contributed by atoms with Crippen molar-refractivity contribution < 1.29 is 9.53 Å². The van der Waals surface area contributed by atoms with Gasteiger partial charge in [-0.1, -0.05) is 120 Å². The first-order chi connectivity index (χ1) is 21.5. The molecule has 4 heteroatoms. The molecule has 0 saturated heterocycles. The van der Waals surface area contributed by atoms with Crippen LogP contribution in [0.2, 0.25) is 0 Å². The summed E-state index contributed by atoms with van der Waals surface area (Å²) in [5.74, 6) is 0.970. The lowest BCUT2D eigenvalue weighted by atomic mass is 9.82. The summed E-state index contributed by atoms with van der Waals surface area (Å²) in [6, 6.07) is 26.8. The van der Waals surface area contributed by atoms with Crippen molar-refractivity contribution in [1.29, 1.82) is 0 Å². The van der Waals surface area contributed by atoms with Crippen LogP contribution in [0.5, 0.6) is 5.75 Å². The maximum absolute atomic E-state index is 9.97. The molecule has 3 nitrogen and oxygen atoms in total. The van der Waals surface area contributed by atoms with Crippen LogP contribution >= 0.6 is 8.58 Å². The summed E-state index contributed by atoms with van der Waals surface area (Å²) < 4.78 is 5.58. The van der Waals surface area contributed by atoms with Crippen LogP contribution in [0.15, 0.2) is 114 Å². The average molecular weight is 610 g/mol. The van der Waals surface area contributed by atoms with Crippen LogP contribution in [0, 0.1) is 0 Å². The zero-order valence-electron chi connectivity index (χ0n) is 27.9. The Morgan fingerprint density at radius 1 is 1.00 bits per heavy atom. The van der Waals surface area contributed by atoms with E-state index < -0.39 is 0 Å². The van der Waals surface area contributed by atoms with Gasteiger partial charge < -0.3 is 14.5 Å². The van der Waals surface area contributed by atoms with Crippen LogP contribution in [-0.2, 0) is 17.6 Å². The molecule has 1 N–H and O–H groups in total. The topological polar surface area (TPSA) is 42.1 Å². The summed E-state index contributed by atoms with van der Waals surface area (Å²) in [6.45, 7) is 16.8. The van der Waals surface area contributed by atoms with Gasteiger partial charge in [0, 0.05) is 28.9 Å². The molecule has 0 bridgehead atoms. The van der Waals surface area contributed by atoms with Crippen molar-refractivity contribution in [1.82, 2.24) is 4.98 Å². The van der Waals surface area contributed by atoms with Gasteiger partial charge in [-0.2, -0.15) is 0 Å². The number of H-pyrrole nitrogens is 1. The van der Waals surface area contributed by atoms with Crippen molar-refractivity contribution in [3.63, 3.8) is 0 Å². The summed E-state index contributed by atoms with van der Waals surface area (Å²) in [5, 5.41) is 1.31. The Bertz CT molecular complexity index is 1500. The van der Waals surface area contributed by atoms with Gasteiger partial charge in [0.05, 0.1) is 7.11 Å². The van der Waals surface area contributed by atoms with Crippen LogP contribution in [-0.4, -0.2) is 30.7 Å². The number of hydrogen-bond acceptors (Lipinski definition) is 2. The van der Waals surface area contributed by atoms with Gasteiger partial charge in [0.1, 0.15) is 12.0 Å². The molecule has 0 radical (unpaired) electrons. The maximum atomic E-state index is 9.97. The number of aryl methyl sites for hydroxylation is 1. The third-order valence-electron chi connectivity index (χ3n) is 7.28. The second kappa shape index (κ2) is 20.3. The fraction of sp³-hybridized carbons (Fsp3) is 0.325. The van der Waals surface area contributed by atoms with Crippen LogP contribution in [0.25, 0.3) is 10.9 Å². The number of methoxy groups -OCH3 is 1. The standard InChI is InChI=1S/C28H32NOP.C8H8O.2C2H6/c1-5-23-24-13-6-7-14-26(24)29-28(23)27(21-11-8-12-22(17-21)30-4)25(19(2)3)16-20-10-9-15-31-18-20;9-7-6-8-4-2-1-3-5-8;2*1-2/h6-8,10-14,16-17,27,29,31H,2,5,9,15,18H2,1,3-4H3;1-5,7H,6H2;2*1-2H3/b25-16+;;;. The molecule has 0 spiro atoms. The van der Waals surface area contributed by atoms with Gasteiger partial charge in [-0.3, -0.25) is 0 Å². The van der Waals surface area contributed by atoms with E-state index in [4.69, 9.17) is 4.74 Å². The van der Waals surface area contributed by atoms with E-state index in [1.165, 1.54) is 57.6 Å².